The second-order valence-electron chi connectivity index (χ2n) is 5.79. The lowest BCUT2D eigenvalue weighted by Gasteiger charge is -2.11. The van der Waals surface area contributed by atoms with E-state index >= 15 is 0 Å². The van der Waals surface area contributed by atoms with E-state index in [4.69, 9.17) is 20.1 Å². The minimum atomic E-state index is -0.519. The Morgan fingerprint density at radius 1 is 0.625 bits per heavy atom. The van der Waals surface area contributed by atoms with Gasteiger partial charge in [0.2, 0.25) is 0 Å². The Balaban J connectivity index is 3.15. The summed E-state index contributed by atoms with van der Waals surface area (Å²) in [5, 5.41) is 18.5. The van der Waals surface area contributed by atoms with E-state index in [1.807, 2.05) is 0 Å². The van der Waals surface area contributed by atoms with Crippen molar-refractivity contribution in [3.8, 4) is 0 Å². The largest absolute Gasteiger partial charge is 0.270 e. The van der Waals surface area contributed by atoms with Crippen molar-refractivity contribution >= 4 is 11.8 Å². The summed E-state index contributed by atoms with van der Waals surface area (Å²) in [6.07, 6.45) is 10.7. The van der Waals surface area contributed by atoms with E-state index in [-0.39, 0.29) is 10.5 Å². The number of carbonyl (C=O) groups is 2. The molecule has 2 amide bonds. The van der Waals surface area contributed by atoms with E-state index in [1.54, 1.807) is 0 Å². The van der Waals surface area contributed by atoms with E-state index in [0.717, 1.165) is 38.5 Å². The molecule has 0 fully saturated rings. The first-order valence-corrected chi connectivity index (χ1v) is 8.70. The van der Waals surface area contributed by atoms with Crippen LogP contribution < -0.4 is 0 Å². The van der Waals surface area contributed by atoms with Crippen molar-refractivity contribution in [2.45, 2.75) is 78.1 Å². The predicted octanol–water partition coefficient (Wildman–Crippen LogP) is 3.23. The lowest BCUT2D eigenvalue weighted by atomic mass is 10.1. The molecule has 0 unspecified atom stereocenters. The van der Waals surface area contributed by atoms with Crippen molar-refractivity contribution < 1.29 is 29.7 Å². The zero-order valence-corrected chi connectivity index (χ0v) is 14.9. The minimum absolute atomic E-state index is 0.281. The highest BCUT2D eigenvalue weighted by atomic mass is 16.9. The summed E-state index contributed by atoms with van der Waals surface area (Å²) in [7, 11) is 0. The third kappa shape index (κ3) is 14.4. The fourth-order valence-corrected chi connectivity index (χ4v) is 2.10. The monoisotopic (exact) mass is 348 g/mol. The molecule has 0 saturated heterocycles. The normalized spacial score (nSPS) is 10.7. The first-order chi connectivity index (χ1) is 11.4. The molecule has 0 aliphatic rings. The van der Waals surface area contributed by atoms with Gasteiger partial charge in [-0.2, -0.15) is 0 Å². The predicted molar refractivity (Wildman–Crippen MR) is 86.7 cm³/mol. The van der Waals surface area contributed by atoms with Crippen LogP contribution in [0.5, 0.6) is 0 Å². The highest BCUT2D eigenvalue weighted by Crippen LogP contribution is 2.11. The Morgan fingerprint density at radius 3 is 1.12 bits per heavy atom. The van der Waals surface area contributed by atoms with Gasteiger partial charge in [0.25, 0.3) is 11.8 Å². The van der Waals surface area contributed by atoms with Crippen LogP contribution in [-0.4, -0.2) is 45.9 Å². The van der Waals surface area contributed by atoms with Crippen LogP contribution in [0.15, 0.2) is 0 Å². The van der Waals surface area contributed by atoms with Gasteiger partial charge in [0.15, 0.2) is 0 Å². The molecule has 8 heteroatoms. The number of carbonyl (C=O) groups excluding carboxylic acids is 2. The summed E-state index contributed by atoms with van der Waals surface area (Å²) in [6.45, 7) is 3.18. The van der Waals surface area contributed by atoms with Gasteiger partial charge in [-0.3, -0.25) is 20.0 Å². The number of amides is 2. The van der Waals surface area contributed by atoms with Crippen molar-refractivity contribution in [1.82, 2.24) is 10.5 Å². The average molecular weight is 348 g/mol. The molecule has 0 atom stereocenters. The van der Waals surface area contributed by atoms with E-state index in [2.05, 4.69) is 0 Å². The Morgan fingerprint density at radius 2 is 0.875 bits per heavy atom. The smallest absolute Gasteiger partial charge is 0.270 e. The van der Waals surface area contributed by atoms with Crippen LogP contribution in [-0.2, 0) is 19.3 Å². The quantitative estimate of drug-likeness (QED) is 0.268. The topological polar surface area (TPSA) is 99.5 Å². The number of hydrogen-bond donors (Lipinski definition) is 2. The van der Waals surface area contributed by atoms with Crippen LogP contribution >= 0.6 is 0 Å². The molecule has 24 heavy (non-hydrogen) atoms. The standard InChI is InChI=1S/C16H32N2O6/c1-15(19)17(21)23-13-11-9-7-5-3-4-6-8-10-12-14-24-18(22)16(2)20/h21-22H,3-14H2,1-2H3. The third-order valence-electron chi connectivity index (χ3n) is 3.50. The van der Waals surface area contributed by atoms with E-state index in [9.17, 15) is 9.59 Å². The summed E-state index contributed by atoms with van der Waals surface area (Å²) in [5.74, 6) is -1.04. The molecule has 8 nitrogen and oxygen atoms in total. The summed E-state index contributed by atoms with van der Waals surface area (Å²) in [6, 6.07) is 0. The first kappa shape index (κ1) is 22.8. The minimum Gasteiger partial charge on any atom is -0.270 e. The molecule has 0 radical (unpaired) electrons. The van der Waals surface area contributed by atoms with Crippen LogP contribution in [0, 0.1) is 0 Å². The molecular formula is C16H32N2O6. The molecule has 0 aliphatic carbocycles. The third-order valence-corrected chi connectivity index (χ3v) is 3.50. The Labute approximate surface area is 144 Å². The molecular weight excluding hydrogens is 316 g/mol. The van der Waals surface area contributed by atoms with Gasteiger partial charge in [-0.15, -0.1) is 0 Å². The summed E-state index contributed by atoms with van der Waals surface area (Å²) < 4.78 is 0. The molecule has 0 spiro atoms. The second kappa shape index (κ2) is 15.3. The van der Waals surface area contributed by atoms with Gasteiger partial charge in [-0.25, -0.2) is 9.68 Å². The van der Waals surface area contributed by atoms with Gasteiger partial charge in [0.1, 0.15) is 0 Å². The fourth-order valence-electron chi connectivity index (χ4n) is 2.10. The van der Waals surface area contributed by atoms with Crippen molar-refractivity contribution in [2.24, 2.45) is 0 Å². The first-order valence-electron chi connectivity index (χ1n) is 8.70. The van der Waals surface area contributed by atoms with E-state index in [1.165, 1.54) is 39.5 Å². The number of unbranched alkanes of at least 4 members (excludes halogenated alkanes) is 9. The van der Waals surface area contributed by atoms with Gasteiger partial charge >= 0.3 is 0 Å². The van der Waals surface area contributed by atoms with Crippen LogP contribution in [0.25, 0.3) is 0 Å². The second-order valence-corrected chi connectivity index (χ2v) is 5.79. The molecule has 0 aromatic carbocycles. The summed E-state index contributed by atoms with van der Waals surface area (Å²) >= 11 is 0. The zero-order chi connectivity index (χ0) is 18.2. The molecule has 0 aromatic heterocycles. The maximum absolute atomic E-state index is 10.7. The number of hydrogen-bond acceptors (Lipinski definition) is 6. The maximum Gasteiger partial charge on any atom is 0.270 e. The molecule has 0 heterocycles. The zero-order valence-electron chi connectivity index (χ0n) is 14.9. The van der Waals surface area contributed by atoms with Crippen LogP contribution in [0.1, 0.15) is 78.1 Å². The van der Waals surface area contributed by atoms with Gasteiger partial charge < -0.3 is 0 Å². The van der Waals surface area contributed by atoms with Gasteiger partial charge in [0.05, 0.1) is 13.2 Å². The van der Waals surface area contributed by atoms with Crippen molar-refractivity contribution in [1.29, 1.82) is 0 Å². The number of nitrogens with zero attached hydrogens (tertiary/aromatic N) is 2. The van der Waals surface area contributed by atoms with Crippen molar-refractivity contribution in [3.05, 3.63) is 0 Å². The molecule has 0 bridgehead atoms. The van der Waals surface area contributed by atoms with E-state index in [0.29, 0.717) is 13.2 Å². The maximum atomic E-state index is 10.7. The van der Waals surface area contributed by atoms with Gasteiger partial charge in [-0.05, 0) is 12.8 Å². The Hall–Kier alpha value is -1.22. The van der Waals surface area contributed by atoms with Crippen LogP contribution in [0.2, 0.25) is 0 Å². The van der Waals surface area contributed by atoms with Gasteiger partial charge in [0, 0.05) is 13.8 Å². The number of hydroxylamine groups is 4. The number of rotatable bonds is 15. The molecule has 0 rings (SSSR count). The van der Waals surface area contributed by atoms with Crippen molar-refractivity contribution in [3.63, 3.8) is 0 Å². The Bertz CT molecular complexity index is 309. The Kier molecular flexibility index (Phi) is 14.5. The molecule has 2 N–H and O–H groups in total. The van der Waals surface area contributed by atoms with Gasteiger partial charge in [-0.1, -0.05) is 61.8 Å². The SMILES string of the molecule is CC(=O)N(O)OCCCCCCCCCCCCON(O)C(C)=O. The van der Waals surface area contributed by atoms with Crippen molar-refractivity contribution in [2.75, 3.05) is 13.2 Å². The summed E-state index contributed by atoms with van der Waals surface area (Å²) in [4.78, 5) is 31.0. The molecule has 142 valence electrons. The molecule has 0 aromatic rings. The van der Waals surface area contributed by atoms with Crippen LogP contribution in [0.4, 0.5) is 0 Å². The highest BCUT2D eigenvalue weighted by Gasteiger charge is 2.04. The fraction of sp³-hybridized carbons (Fsp3) is 0.875. The summed E-state index contributed by atoms with van der Waals surface area (Å²) in [5.41, 5.74) is 0. The van der Waals surface area contributed by atoms with Crippen LogP contribution in [0.3, 0.4) is 0 Å². The molecule has 0 saturated carbocycles. The average Bonchev–Trinajstić information content (AvgIpc) is 2.54. The lowest BCUT2D eigenvalue weighted by Crippen LogP contribution is -2.25. The lowest BCUT2D eigenvalue weighted by molar-refractivity contribution is -0.314. The molecule has 0 aliphatic heterocycles. The highest BCUT2D eigenvalue weighted by molar-refractivity contribution is 5.70. The van der Waals surface area contributed by atoms with E-state index < -0.39 is 11.8 Å².